The van der Waals surface area contributed by atoms with Crippen molar-refractivity contribution in [1.82, 2.24) is 4.90 Å². The zero-order valence-electron chi connectivity index (χ0n) is 14.3. The van der Waals surface area contributed by atoms with E-state index in [0.29, 0.717) is 6.61 Å². The van der Waals surface area contributed by atoms with Gasteiger partial charge >= 0.3 is 5.97 Å². The molecule has 0 heterocycles. The van der Waals surface area contributed by atoms with E-state index in [1.165, 1.54) is 5.56 Å². The predicted molar refractivity (Wildman–Crippen MR) is 89.6 cm³/mol. The van der Waals surface area contributed by atoms with Crippen molar-refractivity contribution in [2.75, 3.05) is 26.2 Å². The fraction of sp³-hybridized carbons (Fsp3) is 0.611. The van der Waals surface area contributed by atoms with Gasteiger partial charge in [0.15, 0.2) is 0 Å². The van der Waals surface area contributed by atoms with Gasteiger partial charge in [-0.3, -0.25) is 9.69 Å². The second kappa shape index (κ2) is 8.79. The van der Waals surface area contributed by atoms with Crippen LogP contribution >= 0.6 is 0 Å². The van der Waals surface area contributed by atoms with Crippen molar-refractivity contribution >= 4 is 5.97 Å². The van der Waals surface area contributed by atoms with Crippen molar-refractivity contribution in [3.05, 3.63) is 29.8 Å². The third-order valence-corrected chi connectivity index (χ3v) is 3.49. The molecule has 0 aromatic heterocycles. The van der Waals surface area contributed by atoms with Crippen LogP contribution in [0.1, 0.15) is 46.1 Å². The first-order valence-electron chi connectivity index (χ1n) is 8.00. The van der Waals surface area contributed by atoms with Crippen LogP contribution in [0, 0.1) is 0 Å². The van der Waals surface area contributed by atoms with Crippen molar-refractivity contribution < 1.29 is 14.6 Å². The molecule has 0 amide bonds. The minimum absolute atomic E-state index is 0.105. The quantitative estimate of drug-likeness (QED) is 0.709. The summed E-state index contributed by atoms with van der Waals surface area (Å²) in [5.41, 5.74) is 1.36. The highest BCUT2D eigenvalue weighted by molar-refractivity contribution is 5.69. The van der Waals surface area contributed by atoms with Crippen molar-refractivity contribution in [2.45, 2.75) is 46.0 Å². The molecule has 1 aromatic carbocycles. The standard InChI is InChI=1S/C18H29NO3/c1-5-10-19(14-17(20)21)11-7-12-22-16-9-6-8-15(13-16)18(2,3)4/h6,8-9,13H,5,7,10-12,14H2,1-4H3,(H,20,21). The van der Waals surface area contributed by atoms with E-state index in [1.807, 2.05) is 17.0 Å². The Kier molecular flexibility index (Phi) is 7.39. The Bertz CT molecular complexity index is 466. The fourth-order valence-electron chi connectivity index (χ4n) is 2.31. The lowest BCUT2D eigenvalue weighted by molar-refractivity contribution is -0.138. The molecule has 1 rings (SSSR count). The molecule has 0 radical (unpaired) electrons. The lowest BCUT2D eigenvalue weighted by atomic mass is 9.87. The molecular weight excluding hydrogens is 278 g/mol. The van der Waals surface area contributed by atoms with Crippen LogP contribution in [0.25, 0.3) is 0 Å². The summed E-state index contributed by atoms with van der Waals surface area (Å²) in [7, 11) is 0. The number of ether oxygens (including phenoxy) is 1. The molecule has 0 saturated carbocycles. The predicted octanol–water partition coefficient (Wildman–Crippen LogP) is 3.55. The van der Waals surface area contributed by atoms with Crippen molar-refractivity contribution in [1.29, 1.82) is 0 Å². The van der Waals surface area contributed by atoms with Gasteiger partial charge in [-0.05, 0) is 42.5 Å². The van der Waals surface area contributed by atoms with Gasteiger partial charge in [0, 0.05) is 6.54 Å². The van der Waals surface area contributed by atoms with Crippen LogP contribution in [0.3, 0.4) is 0 Å². The average molecular weight is 307 g/mol. The minimum Gasteiger partial charge on any atom is -0.494 e. The highest BCUT2D eigenvalue weighted by Crippen LogP contribution is 2.25. The molecule has 0 aliphatic rings. The van der Waals surface area contributed by atoms with E-state index in [9.17, 15) is 4.79 Å². The molecule has 0 fully saturated rings. The lowest BCUT2D eigenvalue weighted by Gasteiger charge is -2.21. The lowest BCUT2D eigenvalue weighted by Crippen LogP contribution is -2.32. The molecule has 4 nitrogen and oxygen atoms in total. The van der Waals surface area contributed by atoms with Crippen LogP contribution in [-0.2, 0) is 10.2 Å². The van der Waals surface area contributed by atoms with Crippen molar-refractivity contribution in [3.63, 3.8) is 0 Å². The Labute approximate surface area is 134 Å². The maximum Gasteiger partial charge on any atom is 0.317 e. The van der Waals surface area contributed by atoms with E-state index in [4.69, 9.17) is 9.84 Å². The Morgan fingerprint density at radius 3 is 2.59 bits per heavy atom. The Hall–Kier alpha value is -1.55. The Morgan fingerprint density at radius 1 is 1.27 bits per heavy atom. The van der Waals surface area contributed by atoms with Crippen LogP contribution in [0.2, 0.25) is 0 Å². The number of carboxylic acid groups (broad SMARTS) is 1. The van der Waals surface area contributed by atoms with Gasteiger partial charge in [-0.2, -0.15) is 0 Å². The number of hydrogen-bond donors (Lipinski definition) is 1. The summed E-state index contributed by atoms with van der Waals surface area (Å²) < 4.78 is 5.80. The number of carbonyl (C=O) groups is 1. The van der Waals surface area contributed by atoms with E-state index in [1.54, 1.807) is 0 Å². The number of aliphatic carboxylic acids is 1. The number of nitrogens with zero attached hydrogens (tertiary/aromatic N) is 1. The number of rotatable bonds is 9. The van der Waals surface area contributed by atoms with Gasteiger partial charge in [0.1, 0.15) is 5.75 Å². The van der Waals surface area contributed by atoms with Crippen LogP contribution in [-0.4, -0.2) is 42.2 Å². The highest BCUT2D eigenvalue weighted by atomic mass is 16.5. The molecule has 0 bridgehead atoms. The monoisotopic (exact) mass is 307 g/mol. The SMILES string of the molecule is CCCN(CCCOc1cccc(C(C)(C)C)c1)CC(=O)O. The third-order valence-electron chi connectivity index (χ3n) is 3.49. The molecule has 22 heavy (non-hydrogen) atoms. The van der Waals surface area contributed by atoms with Gasteiger partial charge in [-0.25, -0.2) is 0 Å². The largest absolute Gasteiger partial charge is 0.494 e. The van der Waals surface area contributed by atoms with E-state index in [-0.39, 0.29) is 12.0 Å². The molecule has 124 valence electrons. The van der Waals surface area contributed by atoms with Gasteiger partial charge in [-0.15, -0.1) is 0 Å². The van der Waals surface area contributed by atoms with Gasteiger partial charge in [-0.1, -0.05) is 39.8 Å². The second-order valence-electron chi connectivity index (χ2n) is 6.65. The van der Waals surface area contributed by atoms with E-state index < -0.39 is 5.97 Å². The molecule has 0 aliphatic heterocycles. The Morgan fingerprint density at radius 2 is 2.00 bits per heavy atom. The summed E-state index contributed by atoms with van der Waals surface area (Å²) in [6, 6.07) is 8.18. The summed E-state index contributed by atoms with van der Waals surface area (Å²) in [6.07, 6.45) is 1.79. The minimum atomic E-state index is -0.771. The zero-order chi connectivity index (χ0) is 16.6. The molecule has 0 saturated heterocycles. The normalized spacial score (nSPS) is 11.7. The first-order valence-corrected chi connectivity index (χ1v) is 8.00. The van der Waals surface area contributed by atoms with Gasteiger partial charge in [0.25, 0.3) is 0 Å². The summed E-state index contributed by atoms with van der Waals surface area (Å²) in [6.45, 7) is 10.9. The van der Waals surface area contributed by atoms with Crippen LogP contribution < -0.4 is 4.74 Å². The molecule has 0 spiro atoms. The second-order valence-corrected chi connectivity index (χ2v) is 6.65. The molecule has 0 atom stereocenters. The van der Waals surface area contributed by atoms with Crippen molar-refractivity contribution in [2.24, 2.45) is 0 Å². The number of carboxylic acids is 1. The average Bonchev–Trinajstić information content (AvgIpc) is 2.42. The molecule has 1 aromatic rings. The third kappa shape index (κ3) is 6.94. The number of benzene rings is 1. The van der Waals surface area contributed by atoms with Crippen LogP contribution in [0.15, 0.2) is 24.3 Å². The van der Waals surface area contributed by atoms with Crippen LogP contribution in [0.5, 0.6) is 5.75 Å². The zero-order valence-corrected chi connectivity index (χ0v) is 14.3. The van der Waals surface area contributed by atoms with Crippen LogP contribution in [0.4, 0.5) is 0 Å². The van der Waals surface area contributed by atoms with Gasteiger partial charge in [0.05, 0.1) is 13.2 Å². The summed E-state index contributed by atoms with van der Waals surface area (Å²) >= 11 is 0. The molecule has 0 unspecified atom stereocenters. The topological polar surface area (TPSA) is 49.8 Å². The summed E-state index contributed by atoms with van der Waals surface area (Å²) in [4.78, 5) is 12.8. The Balaban J connectivity index is 2.42. The first-order chi connectivity index (χ1) is 10.3. The highest BCUT2D eigenvalue weighted by Gasteiger charge is 2.14. The molecule has 0 aliphatic carbocycles. The van der Waals surface area contributed by atoms with Crippen molar-refractivity contribution in [3.8, 4) is 5.75 Å². The maximum atomic E-state index is 10.8. The molecule has 1 N–H and O–H groups in total. The fourth-order valence-corrected chi connectivity index (χ4v) is 2.31. The maximum absolute atomic E-state index is 10.8. The summed E-state index contributed by atoms with van der Waals surface area (Å²) in [5, 5.41) is 8.88. The van der Waals surface area contributed by atoms with E-state index in [2.05, 4.69) is 39.8 Å². The van der Waals surface area contributed by atoms with Gasteiger partial charge < -0.3 is 9.84 Å². The number of hydrogen-bond acceptors (Lipinski definition) is 3. The van der Waals surface area contributed by atoms with E-state index in [0.717, 1.165) is 31.7 Å². The molecule has 4 heteroatoms. The molecular formula is C18H29NO3. The van der Waals surface area contributed by atoms with E-state index >= 15 is 0 Å². The first kappa shape index (κ1) is 18.5. The smallest absolute Gasteiger partial charge is 0.317 e. The summed E-state index contributed by atoms with van der Waals surface area (Å²) in [5.74, 6) is 0.111. The van der Waals surface area contributed by atoms with Gasteiger partial charge in [0.2, 0.25) is 0 Å².